The maximum absolute atomic E-state index is 11.8. The quantitative estimate of drug-likeness (QED) is 0.252. The number of nitrogens with zero attached hydrogens (tertiary/aromatic N) is 1. The van der Waals surface area contributed by atoms with Gasteiger partial charge in [0.05, 0.1) is 11.5 Å². The van der Waals surface area contributed by atoms with Crippen molar-refractivity contribution >= 4 is 11.7 Å². The number of hydrogen-bond donors (Lipinski definition) is 0. The van der Waals surface area contributed by atoms with Gasteiger partial charge < -0.3 is 9.47 Å². The molecule has 0 aliphatic carbocycles. The average Bonchev–Trinajstić information content (AvgIpc) is 2.53. The molecule has 0 atom stereocenters. The maximum Gasteiger partial charge on any atom is 0.311 e. The van der Waals surface area contributed by atoms with Gasteiger partial charge in [-0.1, -0.05) is 18.2 Å². The standard InChI is InChI=1S/C18H19NO5/c1-13-6-3-4-7-17(13)23-11-5-8-18(20)24-15-9-10-16(19(21)22)14(2)12-15/h3-4,6-7,9-10,12H,5,8,11H2,1-2H3. The van der Waals surface area contributed by atoms with Crippen molar-refractivity contribution in [3.63, 3.8) is 0 Å². The molecule has 0 aliphatic rings. The molecule has 0 radical (unpaired) electrons. The molecule has 0 heterocycles. The summed E-state index contributed by atoms with van der Waals surface area (Å²) in [6.07, 6.45) is 0.737. The number of hydrogen-bond acceptors (Lipinski definition) is 5. The van der Waals surface area contributed by atoms with Crippen molar-refractivity contribution in [2.24, 2.45) is 0 Å². The van der Waals surface area contributed by atoms with Crippen LogP contribution in [0.25, 0.3) is 0 Å². The topological polar surface area (TPSA) is 78.7 Å². The molecule has 2 aromatic rings. The Balaban J connectivity index is 1.78. The third-order valence-electron chi connectivity index (χ3n) is 3.47. The number of carbonyl (C=O) groups excluding carboxylic acids is 1. The van der Waals surface area contributed by atoms with Crippen LogP contribution < -0.4 is 9.47 Å². The molecular weight excluding hydrogens is 310 g/mol. The molecule has 0 spiro atoms. The third kappa shape index (κ3) is 4.81. The first-order valence-electron chi connectivity index (χ1n) is 7.61. The molecule has 0 amide bonds. The number of ether oxygens (including phenoxy) is 2. The molecule has 6 heteroatoms. The predicted octanol–water partition coefficient (Wildman–Crippen LogP) is 3.98. The van der Waals surface area contributed by atoms with Crippen LogP contribution >= 0.6 is 0 Å². The molecule has 0 aliphatic heterocycles. The molecule has 0 aromatic heterocycles. The van der Waals surface area contributed by atoms with E-state index in [0.717, 1.165) is 11.3 Å². The molecule has 0 unspecified atom stereocenters. The minimum atomic E-state index is -0.468. The highest BCUT2D eigenvalue weighted by molar-refractivity contribution is 5.72. The lowest BCUT2D eigenvalue weighted by molar-refractivity contribution is -0.385. The van der Waals surface area contributed by atoms with Gasteiger partial charge in [-0.05, 0) is 44.0 Å². The number of aryl methyl sites for hydroxylation is 2. The minimum Gasteiger partial charge on any atom is -0.493 e. The van der Waals surface area contributed by atoms with Gasteiger partial charge >= 0.3 is 5.97 Å². The SMILES string of the molecule is Cc1ccccc1OCCCC(=O)Oc1ccc([N+](=O)[O-])c(C)c1. The summed E-state index contributed by atoms with van der Waals surface area (Å²) in [5.41, 5.74) is 1.50. The van der Waals surface area contributed by atoms with Gasteiger partial charge in [0.15, 0.2) is 0 Å². The van der Waals surface area contributed by atoms with Crippen molar-refractivity contribution in [3.8, 4) is 11.5 Å². The van der Waals surface area contributed by atoms with Crippen LogP contribution in [0.4, 0.5) is 5.69 Å². The summed E-state index contributed by atoms with van der Waals surface area (Å²) >= 11 is 0. The van der Waals surface area contributed by atoms with Crippen LogP contribution in [-0.2, 0) is 4.79 Å². The fourth-order valence-corrected chi connectivity index (χ4v) is 2.20. The zero-order chi connectivity index (χ0) is 17.5. The number of nitro benzene ring substituents is 1. The molecule has 24 heavy (non-hydrogen) atoms. The normalized spacial score (nSPS) is 10.2. The first kappa shape index (κ1) is 17.5. The largest absolute Gasteiger partial charge is 0.493 e. The van der Waals surface area contributed by atoms with Gasteiger partial charge in [0, 0.05) is 18.1 Å². The van der Waals surface area contributed by atoms with E-state index in [1.807, 2.05) is 31.2 Å². The first-order valence-corrected chi connectivity index (χ1v) is 7.61. The Morgan fingerprint density at radius 3 is 2.54 bits per heavy atom. The highest BCUT2D eigenvalue weighted by Gasteiger charge is 2.12. The molecule has 0 fully saturated rings. The van der Waals surface area contributed by atoms with E-state index in [4.69, 9.17) is 9.47 Å². The van der Waals surface area contributed by atoms with Crippen LogP contribution in [0.1, 0.15) is 24.0 Å². The Morgan fingerprint density at radius 2 is 1.88 bits per heavy atom. The van der Waals surface area contributed by atoms with Crippen molar-refractivity contribution in [1.29, 1.82) is 0 Å². The molecular formula is C18H19NO5. The minimum absolute atomic E-state index is 0.00132. The van der Waals surface area contributed by atoms with Crippen molar-refractivity contribution < 1.29 is 19.2 Å². The second-order valence-corrected chi connectivity index (χ2v) is 5.40. The summed E-state index contributed by atoms with van der Waals surface area (Å²) in [6.45, 7) is 3.98. The molecule has 0 saturated carbocycles. The van der Waals surface area contributed by atoms with Crippen LogP contribution in [0.15, 0.2) is 42.5 Å². The molecule has 0 bridgehead atoms. The number of benzene rings is 2. The Bertz CT molecular complexity index is 742. The van der Waals surface area contributed by atoms with E-state index >= 15 is 0 Å². The zero-order valence-electron chi connectivity index (χ0n) is 13.7. The van der Waals surface area contributed by atoms with E-state index < -0.39 is 10.9 Å². The number of para-hydroxylation sites is 1. The van der Waals surface area contributed by atoms with Crippen LogP contribution in [-0.4, -0.2) is 17.5 Å². The van der Waals surface area contributed by atoms with E-state index in [-0.39, 0.29) is 12.1 Å². The van der Waals surface area contributed by atoms with Crippen LogP contribution in [0.5, 0.6) is 11.5 Å². The summed E-state index contributed by atoms with van der Waals surface area (Å²) in [5, 5.41) is 10.8. The monoisotopic (exact) mass is 329 g/mol. The summed E-state index contributed by atoms with van der Waals surface area (Å²) in [5.74, 6) is 0.719. The number of esters is 1. The second-order valence-electron chi connectivity index (χ2n) is 5.40. The van der Waals surface area contributed by atoms with Gasteiger partial charge in [0.1, 0.15) is 11.5 Å². The van der Waals surface area contributed by atoms with Gasteiger partial charge in [-0.15, -0.1) is 0 Å². The van der Waals surface area contributed by atoms with Gasteiger partial charge in [0.2, 0.25) is 0 Å². The van der Waals surface area contributed by atoms with Crippen molar-refractivity contribution in [2.45, 2.75) is 26.7 Å². The van der Waals surface area contributed by atoms with Gasteiger partial charge in [-0.3, -0.25) is 14.9 Å². The van der Waals surface area contributed by atoms with E-state index in [0.29, 0.717) is 24.3 Å². The highest BCUT2D eigenvalue weighted by Crippen LogP contribution is 2.23. The molecule has 2 aromatic carbocycles. The van der Waals surface area contributed by atoms with Crippen molar-refractivity contribution in [1.82, 2.24) is 0 Å². The van der Waals surface area contributed by atoms with Crippen molar-refractivity contribution in [2.75, 3.05) is 6.61 Å². The molecule has 0 N–H and O–H groups in total. The lowest BCUT2D eigenvalue weighted by Gasteiger charge is -2.09. The van der Waals surface area contributed by atoms with Crippen LogP contribution in [0, 0.1) is 24.0 Å². The lowest BCUT2D eigenvalue weighted by atomic mass is 10.2. The number of carbonyl (C=O) groups is 1. The Morgan fingerprint density at radius 1 is 1.12 bits per heavy atom. The zero-order valence-corrected chi connectivity index (χ0v) is 13.7. The Labute approximate surface area is 140 Å². The number of nitro groups is 1. The van der Waals surface area contributed by atoms with Gasteiger partial charge in [-0.25, -0.2) is 0 Å². The van der Waals surface area contributed by atoms with Crippen LogP contribution in [0.3, 0.4) is 0 Å². The summed E-state index contributed by atoms with van der Waals surface area (Å²) < 4.78 is 10.8. The Kier molecular flexibility index (Phi) is 5.89. The van der Waals surface area contributed by atoms with E-state index in [2.05, 4.69) is 0 Å². The van der Waals surface area contributed by atoms with Gasteiger partial charge in [0.25, 0.3) is 5.69 Å². The summed E-state index contributed by atoms with van der Waals surface area (Å²) in [7, 11) is 0. The fourth-order valence-electron chi connectivity index (χ4n) is 2.20. The molecule has 126 valence electrons. The second kappa shape index (κ2) is 8.10. The van der Waals surface area contributed by atoms with E-state index in [9.17, 15) is 14.9 Å². The first-order chi connectivity index (χ1) is 11.5. The Hall–Kier alpha value is -2.89. The maximum atomic E-state index is 11.8. The van der Waals surface area contributed by atoms with E-state index in [1.54, 1.807) is 6.92 Å². The highest BCUT2D eigenvalue weighted by atomic mass is 16.6. The number of rotatable bonds is 7. The molecule has 6 nitrogen and oxygen atoms in total. The molecule has 0 saturated heterocycles. The summed E-state index contributed by atoms with van der Waals surface area (Å²) in [4.78, 5) is 22.1. The fraction of sp³-hybridized carbons (Fsp3) is 0.278. The van der Waals surface area contributed by atoms with Crippen molar-refractivity contribution in [3.05, 3.63) is 63.7 Å². The average molecular weight is 329 g/mol. The third-order valence-corrected chi connectivity index (χ3v) is 3.47. The van der Waals surface area contributed by atoms with Gasteiger partial charge in [-0.2, -0.15) is 0 Å². The van der Waals surface area contributed by atoms with E-state index in [1.165, 1.54) is 18.2 Å². The summed E-state index contributed by atoms with van der Waals surface area (Å²) in [6, 6.07) is 11.9. The predicted molar refractivity (Wildman–Crippen MR) is 89.4 cm³/mol. The molecule has 2 rings (SSSR count). The smallest absolute Gasteiger partial charge is 0.311 e. The lowest BCUT2D eigenvalue weighted by Crippen LogP contribution is -2.10. The van der Waals surface area contributed by atoms with Crippen LogP contribution in [0.2, 0.25) is 0 Å².